The van der Waals surface area contributed by atoms with Crippen LogP contribution in [0.3, 0.4) is 0 Å². The second-order valence-corrected chi connectivity index (χ2v) is 3.15. The van der Waals surface area contributed by atoms with E-state index in [2.05, 4.69) is 0 Å². The van der Waals surface area contributed by atoms with E-state index in [0.717, 1.165) is 25.9 Å². The van der Waals surface area contributed by atoms with Crippen LogP contribution in [0, 0.1) is 0 Å². The van der Waals surface area contributed by atoms with E-state index in [4.69, 9.17) is 4.74 Å². The van der Waals surface area contributed by atoms with Crippen molar-refractivity contribution in [3.05, 3.63) is 0 Å². The van der Waals surface area contributed by atoms with E-state index in [1.165, 1.54) is 0 Å². The highest BCUT2D eigenvalue weighted by atomic mass is 16.5. The van der Waals surface area contributed by atoms with Crippen molar-refractivity contribution in [3.8, 4) is 0 Å². The van der Waals surface area contributed by atoms with Crippen molar-refractivity contribution in [2.24, 2.45) is 0 Å². The summed E-state index contributed by atoms with van der Waals surface area (Å²) >= 11 is 0. The fourth-order valence-electron chi connectivity index (χ4n) is 1.37. The maximum Gasteiger partial charge on any atom is 0.209 e. The Kier molecular flexibility index (Phi) is 2.88. The lowest BCUT2D eigenvalue weighted by atomic mass is 10.3. The first kappa shape index (κ1) is 8.53. The second kappa shape index (κ2) is 3.72. The number of carbonyl (C=O) groups is 1. The normalized spacial score (nSPS) is 33.1. The van der Waals surface area contributed by atoms with Crippen LogP contribution in [0.25, 0.3) is 0 Å². The number of hydrogen-bond donors (Lipinski definition) is 0. The first-order chi connectivity index (χ1) is 5.22. The van der Waals surface area contributed by atoms with Gasteiger partial charge in [-0.1, -0.05) is 0 Å². The summed E-state index contributed by atoms with van der Waals surface area (Å²) < 4.78 is 5.54. The van der Waals surface area contributed by atoms with Gasteiger partial charge in [0.25, 0.3) is 0 Å². The van der Waals surface area contributed by atoms with Gasteiger partial charge in [0, 0.05) is 13.1 Å². The molecule has 11 heavy (non-hydrogen) atoms. The van der Waals surface area contributed by atoms with Crippen molar-refractivity contribution in [1.82, 2.24) is 4.90 Å². The number of carbonyl (C=O) groups excluding carboxylic acids is 1. The van der Waals surface area contributed by atoms with Gasteiger partial charge < -0.3 is 9.64 Å². The van der Waals surface area contributed by atoms with Gasteiger partial charge in [-0.25, -0.2) is 0 Å². The van der Waals surface area contributed by atoms with E-state index >= 15 is 0 Å². The first-order valence-corrected chi connectivity index (χ1v) is 4.07. The SMILES string of the molecule is CC1CCN(C=O)CC(C)O1. The van der Waals surface area contributed by atoms with Gasteiger partial charge in [-0.15, -0.1) is 0 Å². The summed E-state index contributed by atoms with van der Waals surface area (Å²) in [5.74, 6) is 0. The van der Waals surface area contributed by atoms with Crippen LogP contribution < -0.4 is 0 Å². The highest BCUT2D eigenvalue weighted by molar-refractivity contribution is 5.47. The van der Waals surface area contributed by atoms with Crippen LogP contribution in [-0.4, -0.2) is 36.6 Å². The standard InChI is InChI=1S/C8H15NO2/c1-7-3-4-9(6-10)5-8(2)11-7/h6-8H,3-5H2,1-2H3. The number of hydrogen-bond acceptors (Lipinski definition) is 2. The maximum absolute atomic E-state index is 10.4. The van der Waals surface area contributed by atoms with Gasteiger partial charge in [-0.3, -0.25) is 4.79 Å². The van der Waals surface area contributed by atoms with Crippen LogP contribution in [0.15, 0.2) is 0 Å². The zero-order chi connectivity index (χ0) is 8.27. The Balaban J connectivity index is 2.45. The quantitative estimate of drug-likeness (QED) is 0.523. The molecule has 3 nitrogen and oxygen atoms in total. The molecule has 1 aliphatic rings. The van der Waals surface area contributed by atoms with E-state index in [-0.39, 0.29) is 12.2 Å². The predicted molar refractivity (Wildman–Crippen MR) is 42.3 cm³/mol. The minimum absolute atomic E-state index is 0.178. The van der Waals surface area contributed by atoms with Gasteiger partial charge in [-0.05, 0) is 20.3 Å². The zero-order valence-corrected chi connectivity index (χ0v) is 7.12. The molecule has 64 valence electrons. The molecule has 0 spiro atoms. The van der Waals surface area contributed by atoms with Crippen molar-refractivity contribution in [3.63, 3.8) is 0 Å². The van der Waals surface area contributed by atoms with Crippen LogP contribution in [-0.2, 0) is 9.53 Å². The first-order valence-electron chi connectivity index (χ1n) is 4.07. The molecule has 1 saturated heterocycles. The average molecular weight is 157 g/mol. The monoisotopic (exact) mass is 157 g/mol. The Morgan fingerprint density at radius 3 is 2.82 bits per heavy atom. The molecule has 0 radical (unpaired) electrons. The molecule has 1 amide bonds. The third-order valence-corrected chi connectivity index (χ3v) is 1.93. The van der Waals surface area contributed by atoms with Crippen molar-refractivity contribution < 1.29 is 9.53 Å². The summed E-state index contributed by atoms with van der Waals surface area (Å²) in [7, 11) is 0. The molecule has 0 bridgehead atoms. The predicted octanol–water partition coefficient (Wildman–Crippen LogP) is 0.642. The van der Waals surface area contributed by atoms with E-state index in [0.29, 0.717) is 0 Å². The summed E-state index contributed by atoms with van der Waals surface area (Å²) in [4.78, 5) is 12.2. The average Bonchev–Trinajstić information content (AvgIpc) is 2.11. The summed E-state index contributed by atoms with van der Waals surface area (Å²) in [5.41, 5.74) is 0. The van der Waals surface area contributed by atoms with Gasteiger partial charge in [-0.2, -0.15) is 0 Å². The van der Waals surface area contributed by atoms with Gasteiger partial charge in [0.2, 0.25) is 6.41 Å². The van der Waals surface area contributed by atoms with E-state index in [9.17, 15) is 4.79 Å². The van der Waals surface area contributed by atoms with E-state index in [1.54, 1.807) is 4.90 Å². The van der Waals surface area contributed by atoms with E-state index in [1.807, 2.05) is 13.8 Å². The second-order valence-electron chi connectivity index (χ2n) is 3.15. The molecular formula is C8H15NO2. The molecule has 0 aromatic carbocycles. The summed E-state index contributed by atoms with van der Waals surface area (Å²) in [6.07, 6.45) is 2.31. The highest BCUT2D eigenvalue weighted by Crippen LogP contribution is 2.09. The fraction of sp³-hybridized carbons (Fsp3) is 0.875. The molecule has 0 aromatic heterocycles. The van der Waals surface area contributed by atoms with Crippen LogP contribution in [0.1, 0.15) is 20.3 Å². The lowest BCUT2D eigenvalue weighted by Gasteiger charge is -2.16. The van der Waals surface area contributed by atoms with Crippen molar-refractivity contribution in [2.75, 3.05) is 13.1 Å². The lowest BCUT2D eigenvalue weighted by molar-refractivity contribution is -0.118. The molecule has 0 saturated carbocycles. The maximum atomic E-state index is 10.4. The Morgan fingerprint density at radius 2 is 2.18 bits per heavy atom. The topological polar surface area (TPSA) is 29.5 Å². The minimum atomic E-state index is 0.178. The summed E-state index contributed by atoms with van der Waals surface area (Å²) in [5, 5.41) is 0. The highest BCUT2D eigenvalue weighted by Gasteiger charge is 2.17. The Morgan fingerprint density at radius 1 is 1.45 bits per heavy atom. The van der Waals surface area contributed by atoms with Gasteiger partial charge in [0.05, 0.1) is 12.2 Å². The van der Waals surface area contributed by atoms with E-state index < -0.39 is 0 Å². The molecule has 2 atom stereocenters. The molecule has 1 aliphatic heterocycles. The zero-order valence-electron chi connectivity index (χ0n) is 7.12. The Labute approximate surface area is 67.3 Å². The molecule has 1 fully saturated rings. The molecule has 2 unspecified atom stereocenters. The number of amides is 1. The number of nitrogens with zero attached hydrogens (tertiary/aromatic N) is 1. The smallest absolute Gasteiger partial charge is 0.209 e. The fourth-order valence-corrected chi connectivity index (χ4v) is 1.37. The molecule has 1 heterocycles. The molecule has 0 aliphatic carbocycles. The van der Waals surface area contributed by atoms with Crippen molar-refractivity contribution in [2.45, 2.75) is 32.5 Å². The summed E-state index contributed by atoms with van der Waals surface area (Å²) in [6.45, 7) is 5.60. The van der Waals surface area contributed by atoms with Crippen LogP contribution in [0.5, 0.6) is 0 Å². The lowest BCUT2D eigenvalue weighted by Crippen LogP contribution is -2.28. The third-order valence-electron chi connectivity index (χ3n) is 1.93. The number of rotatable bonds is 1. The molecule has 1 rings (SSSR count). The van der Waals surface area contributed by atoms with Crippen LogP contribution >= 0.6 is 0 Å². The largest absolute Gasteiger partial charge is 0.374 e. The minimum Gasteiger partial charge on any atom is -0.374 e. The van der Waals surface area contributed by atoms with Gasteiger partial charge in [0.1, 0.15) is 0 Å². The Bertz CT molecular complexity index is 138. The number of ether oxygens (including phenoxy) is 1. The molecule has 3 heteroatoms. The third kappa shape index (κ3) is 2.50. The van der Waals surface area contributed by atoms with Crippen molar-refractivity contribution in [1.29, 1.82) is 0 Å². The molecule has 0 aromatic rings. The van der Waals surface area contributed by atoms with Gasteiger partial charge in [0.15, 0.2) is 0 Å². The molecular weight excluding hydrogens is 142 g/mol. The van der Waals surface area contributed by atoms with Gasteiger partial charge >= 0.3 is 0 Å². The van der Waals surface area contributed by atoms with Crippen LogP contribution in [0.4, 0.5) is 0 Å². The van der Waals surface area contributed by atoms with Crippen LogP contribution in [0.2, 0.25) is 0 Å². The summed E-state index contributed by atoms with van der Waals surface area (Å²) in [6, 6.07) is 0. The Hall–Kier alpha value is -0.570. The molecule has 0 N–H and O–H groups in total. The van der Waals surface area contributed by atoms with Crippen molar-refractivity contribution >= 4 is 6.41 Å².